The number of benzene rings is 2. The maximum Gasteiger partial charge on any atom is 0.257 e. The number of ether oxygens (including phenoxy) is 1. The number of rotatable bonds is 5. The van der Waals surface area contributed by atoms with Crippen molar-refractivity contribution in [1.82, 2.24) is 4.90 Å². The van der Waals surface area contributed by atoms with Crippen molar-refractivity contribution in [2.24, 2.45) is 0 Å². The molecule has 0 radical (unpaired) electrons. The summed E-state index contributed by atoms with van der Waals surface area (Å²) < 4.78 is 18.6. The molecule has 1 heterocycles. The van der Waals surface area contributed by atoms with Crippen molar-refractivity contribution in [3.63, 3.8) is 0 Å². The minimum Gasteiger partial charge on any atom is -0.497 e. The number of methoxy groups -OCH3 is 1. The number of nitrogens with zero attached hydrogens (tertiary/aromatic N) is 2. The third kappa shape index (κ3) is 4.38. The normalized spacial score (nSPS) is 19.7. The van der Waals surface area contributed by atoms with Gasteiger partial charge in [0.15, 0.2) is 0 Å². The molecule has 6 nitrogen and oxygen atoms in total. The van der Waals surface area contributed by atoms with Crippen LogP contribution in [0.1, 0.15) is 55.3 Å². The topological polar surface area (TPSA) is 66.9 Å². The molecular formula is C25H27FN2O4. The Bertz CT molecular complexity index is 999. The van der Waals surface area contributed by atoms with Gasteiger partial charge in [0.1, 0.15) is 17.6 Å². The van der Waals surface area contributed by atoms with Crippen LogP contribution in [0.2, 0.25) is 0 Å². The van der Waals surface area contributed by atoms with Gasteiger partial charge in [0, 0.05) is 11.6 Å². The maximum atomic E-state index is 13.7. The molecule has 1 saturated carbocycles. The van der Waals surface area contributed by atoms with Crippen molar-refractivity contribution in [2.45, 2.75) is 57.0 Å². The van der Waals surface area contributed by atoms with Gasteiger partial charge in [-0.1, -0.05) is 31.7 Å². The molecule has 7 heteroatoms. The Labute approximate surface area is 187 Å². The summed E-state index contributed by atoms with van der Waals surface area (Å²) >= 11 is 0. The minimum absolute atomic E-state index is 0.0809. The summed E-state index contributed by atoms with van der Waals surface area (Å²) in [5, 5.41) is 0. The van der Waals surface area contributed by atoms with E-state index in [1.54, 1.807) is 29.2 Å². The monoisotopic (exact) mass is 438 g/mol. The van der Waals surface area contributed by atoms with E-state index in [1.807, 2.05) is 0 Å². The van der Waals surface area contributed by atoms with Crippen LogP contribution in [-0.4, -0.2) is 41.8 Å². The Kier molecular flexibility index (Phi) is 6.53. The van der Waals surface area contributed by atoms with Gasteiger partial charge in [0.25, 0.3) is 11.8 Å². The van der Waals surface area contributed by atoms with E-state index in [2.05, 4.69) is 0 Å². The molecule has 2 aliphatic rings. The second-order valence-corrected chi connectivity index (χ2v) is 8.35. The van der Waals surface area contributed by atoms with Gasteiger partial charge in [0.2, 0.25) is 5.91 Å². The fourth-order valence-electron chi connectivity index (χ4n) is 4.70. The van der Waals surface area contributed by atoms with Crippen molar-refractivity contribution >= 4 is 23.4 Å². The number of anilines is 1. The lowest BCUT2D eigenvalue weighted by Crippen LogP contribution is -2.50. The molecule has 0 spiro atoms. The molecule has 1 unspecified atom stereocenters. The molecule has 4 rings (SSSR count). The Morgan fingerprint density at radius 3 is 2.38 bits per heavy atom. The zero-order valence-corrected chi connectivity index (χ0v) is 18.1. The quantitative estimate of drug-likeness (QED) is 0.515. The first-order valence-corrected chi connectivity index (χ1v) is 11.1. The Morgan fingerprint density at radius 2 is 1.72 bits per heavy atom. The number of imide groups is 1. The third-order valence-electron chi connectivity index (χ3n) is 6.31. The first-order chi connectivity index (χ1) is 15.5. The highest BCUT2D eigenvalue weighted by Crippen LogP contribution is 2.32. The standard InChI is InChI=1S/C25H27FN2O4/c1-32-21-10-6-7-17(15-21)24(30)27(19-8-4-2-3-5-9-19)22-16-23(29)28(25(22)31)20-13-11-18(26)12-14-20/h6-7,10-15,19,22H,2-5,8-9,16H2,1H3. The number of amides is 3. The average Bonchev–Trinajstić information content (AvgIpc) is 2.97. The Balaban J connectivity index is 1.69. The molecule has 1 aliphatic carbocycles. The molecule has 2 aromatic carbocycles. The van der Waals surface area contributed by atoms with Crippen LogP contribution < -0.4 is 9.64 Å². The van der Waals surface area contributed by atoms with E-state index in [1.165, 1.54) is 31.4 Å². The van der Waals surface area contributed by atoms with E-state index in [0.717, 1.165) is 43.4 Å². The Hall–Kier alpha value is -3.22. The molecule has 3 amide bonds. The second kappa shape index (κ2) is 9.51. The smallest absolute Gasteiger partial charge is 0.257 e. The zero-order chi connectivity index (χ0) is 22.7. The third-order valence-corrected chi connectivity index (χ3v) is 6.31. The fraction of sp³-hybridized carbons (Fsp3) is 0.400. The zero-order valence-electron chi connectivity index (χ0n) is 18.1. The lowest BCUT2D eigenvalue weighted by atomic mass is 10.0. The largest absolute Gasteiger partial charge is 0.497 e. The summed E-state index contributed by atoms with van der Waals surface area (Å²) in [6.07, 6.45) is 5.65. The van der Waals surface area contributed by atoms with Gasteiger partial charge in [0.05, 0.1) is 19.2 Å². The minimum atomic E-state index is -0.880. The summed E-state index contributed by atoms with van der Waals surface area (Å²) in [5.74, 6) is -0.996. The number of carbonyl (C=O) groups excluding carboxylic acids is 3. The molecule has 1 saturated heterocycles. The van der Waals surface area contributed by atoms with E-state index in [4.69, 9.17) is 4.74 Å². The van der Waals surface area contributed by atoms with Crippen LogP contribution >= 0.6 is 0 Å². The van der Waals surface area contributed by atoms with Gasteiger partial charge in [-0.05, 0) is 55.3 Å². The molecule has 168 valence electrons. The number of hydrogen-bond donors (Lipinski definition) is 0. The van der Waals surface area contributed by atoms with E-state index in [9.17, 15) is 18.8 Å². The number of halogens is 1. The summed E-state index contributed by atoms with van der Waals surface area (Å²) in [6, 6.07) is 11.1. The molecule has 32 heavy (non-hydrogen) atoms. The highest BCUT2D eigenvalue weighted by Gasteiger charge is 2.46. The highest BCUT2D eigenvalue weighted by atomic mass is 19.1. The summed E-state index contributed by atoms with van der Waals surface area (Å²) in [5.41, 5.74) is 0.743. The summed E-state index contributed by atoms with van der Waals surface area (Å²) in [7, 11) is 1.53. The lowest BCUT2D eigenvalue weighted by Gasteiger charge is -2.35. The van der Waals surface area contributed by atoms with E-state index >= 15 is 0 Å². The number of hydrogen-bond acceptors (Lipinski definition) is 4. The molecule has 0 bridgehead atoms. The van der Waals surface area contributed by atoms with Crippen molar-refractivity contribution < 1.29 is 23.5 Å². The van der Waals surface area contributed by atoms with Crippen LogP contribution in [0.5, 0.6) is 5.75 Å². The first-order valence-electron chi connectivity index (χ1n) is 11.1. The summed E-state index contributed by atoms with van der Waals surface area (Å²) in [4.78, 5) is 42.7. The van der Waals surface area contributed by atoms with Crippen molar-refractivity contribution in [3.8, 4) is 5.75 Å². The maximum absolute atomic E-state index is 13.7. The van der Waals surface area contributed by atoms with Gasteiger partial charge < -0.3 is 9.64 Å². The van der Waals surface area contributed by atoms with Crippen LogP contribution in [-0.2, 0) is 9.59 Å². The molecule has 0 N–H and O–H groups in total. The van der Waals surface area contributed by atoms with Gasteiger partial charge in [-0.2, -0.15) is 0 Å². The molecule has 0 aromatic heterocycles. The molecule has 2 aromatic rings. The van der Waals surface area contributed by atoms with E-state index in [0.29, 0.717) is 17.0 Å². The van der Waals surface area contributed by atoms with Gasteiger partial charge in [-0.15, -0.1) is 0 Å². The molecule has 1 aliphatic heterocycles. The second-order valence-electron chi connectivity index (χ2n) is 8.35. The van der Waals surface area contributed by atoms with Gasteiger partial charge >= 0.3 is 0 Å². The van der Waals surface area contributed by atoms with Crippen LogP contribution in [0, 0.1) is 5.82 Å². The van der Waals surface area contributed by atoms with Gasteiger partial charge in [-0.25, -0.2) is 9.29 Å². The van der Waals surface area contributed by atoms with Crippen molar-refractivity contribution in [1.29, 1.82) is 0 Å². The number of carbonyl (C=O) groups is 3. The molecule has 1 atom stereocenters. The highest BCUT2D eigenvalue weighted by molar-refractivity contribution is 6.23. The average molecular weight is 438 g/mol. The first kappa shape index (κ1) is 22.0. The molecular weight excluding hydrogens is 411 g/mol. The molecule has 2 fully saturated rings. The fourth-order valence-corrected chi connectivity index (χ4v) is 4.70. The predicted octanol–water partition coefficient (Wildman–Crippen LogP) is 4.33. The van der Waals surface area contributed by atoms with Crippen LogP contribution in [0.3, 0.4) is 0 Å². The van der Waals surface area contributed by atoms with E-state index < -0.39 is 17.8 Å². The van der Waals surface area contributed by atoms with E-state index in [-0.39, 0.29) is 24.3 Å². The van der Waals surface area contributed by atoms with Crippen LogP contribution in [0.15, 0.2) is 48.5 Å². The predicted molar refractivity (Wildman–Crippen MR) is 118 cm³/mol. The Morgan fingerprint density at radius 1 is 1.03 bits per heavy atom. The summed E-state index contributed by atoms with van der Waals surface area (Å²) in [6.45, 7) is 0. The lowest BCUT2D eigenvalue weighted by molar-refractivity contribution is -0.123. The van der Waals surface area contributed by atoms with Crippen molar-refractivity contribution in [2.75, 3.05) is 12.0 Å². The van der Waals surface area contributed by atoms with Crippen LogP contribution in [0.25, 0.3) is 0 Å². The SMILES string of the molecule is COc1cccc(C(=O)N(C2CCCCCC2)C2CC(=O)N(c3ccc(F)cc3)C2=O)c1. The van der Waals surface area contributed by atoms with Gasteiger partial charge in [-0.3, -0.25) is 14.4 Å². The van der Waals surface area contributed by atoms with Crippen molar-refractivity contribution in [3.05, 3.63) is 59.9 Å². The van der Waals surface area contributed by atoms with Crippen LogP contribution in [0.4, 0.5) is 10.1 Å².